The molecule has 0 aromatic carbocycles. The lowest BCUT2D eigenvalue weighted by Crippen LogP contribution is -2.61. The zero-order chi connectivity index (χ0) is 59.0. The highest BCUT2D eigenvalue weighted by molar-refractivity contribution is 7.80. The number of carbonyl (C=O) groups is 1. The Bertz CT molecular complexity index is 1470. The van der Waals surface area contributed by atoms with Gasteiger partial charge in [-0.05, 0) is 19.3 Å². The van der Waals surface area contributed by atoms with Crippen molar-refractivity contribution in [2.45, 2.75) is 403 Å². The SMILES string of the molecule is CCCCCCCCCCCCCCCCCCCCCC/C=C/C(O)C(COC1OC(CO)C(O)C(OS(=O)(=O)O)C1O)NC(=O)CCCCCCCCCCCCCCCCCCCCCCCCCCCCCCCCCC. The Morgan fingerprint density at radius 2 is 0.778 bits per heavy atom. The molecule has 0 aromatic heterocycles. The number of hydrogen-bond acceptors (Lipinski definition) is 10. The Hall–Kier alpha value is -1.16. The Morgan fingerprint density at radius 3 is 1.07 bits per heavy atom. The summed E-state index contributed by atoms with van der Waals surface area (Å²) in [6.45, 7) is 3.47. The third-order valence-corrected chi connectivity index (χ3v) is 17.5. The lowest BCUT2D eigenvalue weighted by atomic mass is 9.99. The van der Waals surface area contributed by atoms with Crippen LogP contribution in [0.5, 0.6) is 0 Å². The fraction of sp³-hybridized carbons (Fsp3) is 0.956. The van der Waals surface area contributed by atoms with Crippen LogP contribution in [0.25, 0.3) is 0 Å². The lowest BCUT2D eigenvalue weighted by Gasteiger charge is -2.41. The maximum Gasteiger partial charge on any atom is 0.397 e. The molecule has 1 heterocycles. The van der Waals surface area contributed by atoms with Gasteiger partial charge in [0.25, 0.3) is 0 Å². The van der Waals surface area contributed by atoms with E-state index in [9.17, 15) is 38.2 Å². The zero-order valence-electron chi connectivity index (χ0n) is 52.9. The summed E-state index contributed by atoms with van der Waals surface area (Å²) in [6, 6.07) is -0.942. The average molecular weight is 1170 g/mol. The summed E-state index contributed by atoms with van der Waals surface area (Å²) < 4.78 is 48.0. The zero-order valence-corrected chi connectivity index (χ0v) is 53.7. The molecule has 0 saturated carbocycles. The van der Waals surface area contributed by atoms with Gasteiger partial charge in [-0.2, -0.15) is 8.42 Å². The topological polar surface area (TPSA) is 192 Å². The third kappa shape index (κ3) is 49.6. The van der Waals surface area contributed by atoms with Gasteiger partial charge >= 0.3 is 10.4 Å². The first-order valence-corrected chi connectivity index (χ1v) is 36.4. The molecule has 7 unspecified atom stereocenters. The van der Waals surface area contributed by atoms with Gasteiger partial charge in [0.1, 0.15) is 24.4 Å². The standard InChI is InChI=1S/C68H133NO11S/c1-3-5-7-9-11-13-15-17-19-21-23-25-27-28-29-30-31-32-33-34-35-36-38-40-42-44-46-48-50-52-54-56-58-64(72)69-61(60-78-68-66(74)67(80-81(75,76)77)65(73)63(59-70)79-68)62(71)57-55-53-51-49-47-45-43-41-39-37-26-24-22-20-18-16-14-12-10-8-6-4-2/h55,57,61-63,65-68,70-71,73-74H,3-54,56,58-60H2,1-2H3,(H,69,72)(H,75,76,77)/b57-55+. The lowest BCUT2D eigenvalue weighted by molar-refractivity contribution is -0.298. The second kappa shape index (κ2) is 57.9. The molecule has 13 heteroatoms. The van der Waals surface area contributed by atoms with Crippen LogP contribution in [0, 0.1) is 0 Å². The number of unbranched alkanes of at least 4 members (excludes halogenated alkanes) is 51. The van der Waals surface area contributed by atoms with Gasteiger partial charge in [-0.15, -0.1) is 0 Å². The van der Waals surface area contributed by atoms with Gasteiger partial charge in [0.2, 0.25) is 5.91 Å². The molecule has 0 aliphatic carbocycles. The molecule has 482 valence electrons. The van der Waals surface area contributed by atoms with E-state index in [2.05, 4.69) is 23.3 Å². The number of ether oxygens (including phenoxy) is 2. The molecular formula is C68H133NO11S. The number of hydrogen-bond donors (Lipinski definition) is 6. The Kier molecular flexibility index (Phi) is 55.6. The fourth-order valence-electron chi connectivity index (χ4n) is 11.7. The van der Waals surface area contributed by atoms with E-state index in [1.165, 1.54) is 295 Å². The van der Waals surface area contributed by atoms with Crippen LogP contribution < -0.4 is 5.32 Å². The van der Waals surface area contributed by atoms with Crippen molar-refractivity contribution in [1.82, 2.24) is 5.32 Å². The summed E-state index contributed by atoms with van der Waals surface area (Å²) in [5.74, 6) is -0.253. The van der Waals surface area contributed by atoms with Gasteiger partial charge < -0.3 is 35.2 Å². The first kappa shape index (κ1) is 77.9. The first-order valence-electron chi connectivity index (χ1n) is 35.1. The van der Waals surface area contributed by atoms with Gasteiger partial charge in [-0.3, -0.25) is 9.35 Å². The van der Waals surface area contributed by atoms with Gasteiger partial charge in [-0.1, -0.05) is 347 Å². The molecule has 0 radical (unpaired) electrons. The number of rotatable bonds is 63. The van der Waals surface area contributed by atoms with E-state index < -0.39 is 59.9 Å². The fourth-order valence-corrected chi connectivity index (χ4v) is 12.2. The van der Waals surface area contributed by atoms with E-state index in [0.717, 1.165) is 38.5 Å². The van der Waals surface area contributed by atoms with Crippen LogP contribution in [-0.2, 0) is 28.9 Å². The van der Waals surface area contributed by atoms with Gasteiger partial charge in [0.15, 0.2) is 6.29 Å². The normalized spacial score (nSPS) is 18.5. The highest BCUT2D eigenvalue weighted by Crippen LogP contribution is 2.26. The molecule has 1 saturated heterocycles. The molecule has 81 heavy (non-hydrogen) atoms. The van der Waals surface area contributed by atoms with Crippen molar-refractivity contribution in [3.8, 4) is 0 Å². The molecule has 1 rings (SSSR count). The molecule has 6 N–H and O–H groups in total. The minimum atomic E-state index is -5.09. The number of nitrogens with one attached hydrogen (secondary N) is 1. The molecule has 0 bridgehead atoms. The maximum atomic E-state index is 13.2. The van der Waals surface area contributed by atoms with Crippen molar-refractivity contribution in [1.29, 1.82) is 0 Å². The highest BCUT2D eigenvalue weighted by Gasteiger charge is 2.48. The van der Waals surface area contributed by atoms with Crippen molar-refractivity contribution < 1.29 is 51.8 Å². The summed E-state index contributed by atoms with van der Waals surface area (Å²) in [7, 11) is -5.09. The first-order chi connectivity index (χ1) is 39.5. The molecule has 1 aliphatic heterocycles. The summed E-state index contributed by atoms with van der Waals surface area (Å²) in [6.07, 6.45) is 64.3. The largest absolute Gasteiger partial charge is 0.397 e. The quantitative estimate of drug-likeness (QED) is 0.0193. The van der Waals surface area contributed by atoms with Crippen molar-refractivity contribution >= 4 is 16.3 Å². The Labute approximate surface area is 500 Å². The number of allylic oxidation sites excluding steroid dienone is 1. The number of aliphatic hydroxyl groups is 4. The van der Waals surface area contributed by atoms with Crippen LogP contribution in [0.15, 0.2) is 12.2 Å². The van der Waals surface area contributed by atoms with Gasteiger partial charge in [0.05, 0.1) is 25.4 Å². The smallest absolute Gasteiger partial charge is 0.394 e. The van der Waals surface area contributed by atoms with Crippen LogP contribution in [0.4, 0.5) is 0 Å². The van der Waals surface area contributed by atoms with Gasteiger partial charge in [0, 0.05) is 6.42 Å². The number of amides is 1. The van der Waals surface area contributed by atoms with Crippen molar-refractivity contribution in [2.24, 2.45) is 0 Å². The minimum absolute atomic E-state index is 0.253. The van der Waals surface area contributed by atoms with Crippen molar-refractivity contribution in [3.05, 3.63) is 12.2 Å². The van der Waals surface area contributed by atoms with E-state index >= 15 is 0 Å². The Balaban J connectivity index is 2.23. The second-order valence-electron chi connectivity index (χ2n) is 24.8. The minimum Gasteiger partial charge on any atom is -0.394 e. The average Bonchev–Trinajstić information content (AvgIpc) is 3.51. The monoisotopic (exact) mass is 1170 g/mol. The molecule has 1 amide bonds. The second-order valence-corrected chi connectivity index (χ2v) is 25.9. The predicted octanol–water partition coefficient (Wildman–Crippen LogP) is 18.1. The van der Waals surface area contributed by atoms with Crippen LogP contribution >= 0.6 is 0 Å². The van der Waals surface area contributed by atoms with Crippen LogP contribution in [0.2, 0.25) is 0 Å². The molecule has 0 aromatic rings. The van der Waals surface area contributed by atoms with Crippen LogP contribution in [-0.4, -0.2) is 95.4 Å². The highest BCUT2D eigenvalue weighted by atomic mass is 32.3. The van der Waals surface area contributed by atoms with E-state index in [0.29, 0.717) is 6.42 Å². The summed E-state index contributed by atoms with van der Waals surface area (Å²) >= 11 is 0. The maximum absolute atomic E-state index is 13.2. The van der Waals surface area contributed by atoms with E-state index in [1.807, 2.05) is 6.08 Å². The number of carbonyl (C=O) groups excluding carboxylic acids is 1. The number of aliphatic hydroxyl groups excluding tert-OH is 4. The van der Waals surface area contributed by atoms with Crippen molar-refractivity contribution in [3.63, 3.8) is 0 Å². The molecule has 1 fully saturated rings. The van der Waals surface area contributed by atoms with Crippen molar-refractivity contribution in [2.75, 3.05) is 13.2 Å². The predicted molar refractivity (Wildman–Crippen MR) is 338 cm³/mol. The molecule has 0 spiro atoms. The van der Waals surface area contributed by atoms with Crippen LogP contribution in [0.1, 0.15) is 361 Å². The molecular weight excluding hydrogens is 1040 g/mol. The van der Waals surface area contributed by atoms with E-state index in [-0.39, 0.29) is 18.9 Å². The summed E-state index contributed by atoms with van der Waals surface area (Å²) in [5, 5.41) is 45.2. The Morgan fingerprint density at radius 1 is 0.481 bits per heavy atom. The summed E-state index contributed by atoms with van der Waals surface area (Å²) in [5.41, 5.74) is 0. The molecule has 12 nitrogen and oxygen atoms in total. The third-order valence-electron chi connectivity index (χ3n) is 17.1. The van der Waals surface area contributed by atoms with Gasteiger partial charge in [-0.25, -0.2) is 4.18 Å². The molecule has 1 aliphatic rings. The summed E-state index contributed by atoms with van der Waals surface area (Å²) in [4.78, 5) is 13.2. The van der Waals surface area contributed by atoms with Crippen LogP contribution in [0.3, 0.4) is 0 Å². The molecule has 7 atom stereocenters. The van der Waals surface area contributed by atoms with E-state index in [1.54, 1.807) is 6.08 Å². The van der Waals surface area contributed by atoms with E-state index in [4.69, 9.17) is 9.47 Å².